The fourth-order valence-electron chi connectivity index (χ4n) is 4.75. The Morgan fingerprint density at radius 1 is 0.895 bits per heavy atom. The number of nitrogens with one attached hydrogen (secondary N) is 1. The lowest BCUT2D eigenvalue weighted by atomic mass is 9.97. The summed E-state index contributed by atoms with van der Waals surface area (Å²) in [5.74, 6) is 0.00177. The molecular formula is C30H23N7O. The van der Waals surface area contributed by atoms with Gasteiger partial charge in [0.15, 0.2) is 0 Å². The average Bonchev–Trinajstić information content (AvgIpc) is 3.43. The molecule has 3 aromatic carbocycles. The standard InChI is InChI=1S/C30H23N7O/c1-2-35-29(38)24(18-31)28(37-26(19-32-33-30(35)37)21-12-6-3-7-13-21)25-20-36(23-16-10-5-11-17-23)34-27(25)22-14-8-4-9-15-22/h3-17,19-20,32H,2H2,1H3. The summed E-state index contributed by atoms with van der Waals surface area (Å²) >= 11 is 0. The van der Waals surface area contributed by atoms with Crippen molar-refractivity contribution in [2.75, 3.05) is 6.54 Å². The Morgan fingerprint density at radius 2 is 1.53 bits per heavy atom. The van der Waals surface area contributed by atoms with Gasteiger partial charge in [0.05, 0.1) is 17.1 Å². The zero-order chi connectivity index (χ0) is 26.1. The lowest BCUT2D eigenvalue weighted by Crippen LogP contribution is -2.52. The molecule has 0 aliphatic carbocycles. The fourth-order valence-corrected chi connectivity index (χ4v) is 4.75. The van der Waals surface area contributed by atoms with Crippen molar-refractivity contribution in [2.24, 2.45) is 5.10 Å². The monoisotopic (exact) mass is 497 g/mol. The molecule has 6 rings (SSSR count). The first-order valence-electron chi connectivity index (χ1n) is 12.3. The molecule has 0 saturated heterocycles. The average molecular weight is 498 g/mol. The van der Waals surface area contributed by atoms with Crippen LogP contribution in [0.3, 0.4) is 0 Å². The normalized spacial score (nSPS) is 14.9. The smallest absolute Gasteiger partial charge is 0.273 e. The highest BCUT2D eigenvalue weighted by atomic mass is 16.2. The minimum atomic E-state index is -0.400. The van der Waals surface area contributed by atoms with Gasteiger partial charge in [0.2, 0.25) is 5.96 Å². The maximum atomic E-state index is 13.7. The highest BCUT2D eigenvalue weighted by molar-refractivity contribution is 6.20. The summed E-state index contributed by atoms with van der Waals surface area (Å²) in [5.41, 5.74) is 8.13. The van der Waals surface area contributed by atoms with Gasteiger partial charge in [-0.15, -0.1) is 5.10 Å². The number of amides is 1. The van der Waals surface area contributed by atoms with Gasteiger partial charge in [-0.2, -0.15) is 10.4 Å². The van der Waals surface area contributed by atoms with Crippen molar-refractivity contribution in [3.63, 3.8) is 0 Å². The molecule has 0 atom stereocenters. The SMILES string of the molecule is CCN1C(=O)C(C#N)=C(c2cn(-c3ccccc3)nc2-c2ccccc2)N2C(c3ccccc3)=CNN=C12. The Bertz CT molecular complexity index is 1650. The molecule has 2 aliphatic rings. The fraction of sp³-hybridized carbons (Fsp3) is 0.0667. The molecule has 8 nitrogen and oxygen atoms in total. The third-order valence-electron chi connectivity index (χ3n) is 6.50. The second-order valence-corrected chi connectivity index (χ2v) is 8.69. The molecule has 3 heterocycles. The van der Waals surface area contributed by atoms with Crippen molar-refractivity contribution in [2.45, 2.75) is 6.92 Å². The van der Waals surface area contributed by atoms with Crippen molar-refractivity contribution >= 4 is 23.3 Å². The topological polar surface area (TPSA) is 89.5 Å². The molecule has 1 aromatic heterocycles. The van der Waals surface area contributed by atoms with E-state index in [0.29, 0.717) is 29.5 Å². The number of guanidine groups is 1. The van der Waals surface area contributed by atoms with Gasteiger partial charge in [-0.25, -0.2) is 4.68 Å². The zero-order valence-corrected chi connectivity index (χ0v) is 20.6. The summed E-state index contributed by atoms with van der Waals surface area (Å²) in [7, 11) is 0. The summed E-state index contributed by atoms with van der Waals surface area (Å²) in [4.78, 5) is 17.0. The summed E-state index contributed by atoms with van der Waals surface area (Å²) in [6.07, 6.45) is 3.66. The molecule has 1 N–H and O–H groups in total. The largest absolute Gasteiger partial charge is 0.280 e. The molecule has 0 unspecified atom stereocenters. The van der Waals surface area contributed by atoms with Crippen LogP contribution in [0.1, 0.15) is 18.1 Å². The number of nitriles is 1. The third kappa shape index (κ3) is 3.74. The van der Waals surface area contributed by atoms with Gasteiger partial charge < -0.3 is 0 Å². The highest BCUT2D eigenvalue weighted by Gasteiger charge is 2.42. The minimum Gasteiger partial charge on any atom is -0.280 e. The summed E-state index contributed by atoms with van der Waals surface area (Å²) < 4.78 is 1.78. The Hall–Kier alpha value is -5.42. The van der Waals surface area contributed by atoms with Crippen molar-refractivity contribution in [3.05, 3.63) is 120 Å². The summed E-state index contributed by atoms with van der Waals surface area (Å²) in [5, 5.41) is 19.8. The van der Waals surface area contributed by atoms with Crippen LogP contribution in [0.15, 0.2) is 114 Å². The van der Waals surface area contributed by atoms with Crippen LogP contribution in [0.4, 0.5) is 0 Å². The second kappa shape index (κ2) is 9.56. The zero-order valence-electron chi connectivity index (χ0n) is 20.6. The van der Waals surface area contributed by atoms with Gasteiger partial charge in [-0.05, 0) is 19.1 Å². The van der Waals surface area contributed by atoms with E-state index in [2.05, 4.69) is 16.6 Å². The van der Waals surface area contributed by atoms with Crippen LogP contribution in [0.2, 0.25) is 0 Å². The highest BCUT2D eigenvalue weighted by Crippen LogP contribution is 2.41. The van der Waals surface area contributed by atoms with Crippen molar-refractivity contribution in [1.82, 2.24) is 25.0 Å². The molecule has 1 amide bonds. The van der Waals surface area contributed by atoms with E-state index in [0.717, 1.165) is 22.5 Å². The molecule has 184 valence electrons. The first kappa shape index (κ1) is 23.0. The van der Waals surface area contributed by atoms with E-state index >= 15 is 0 Å². The lowest BCUT2D eigenvalue weighted by Gasteiger charge is -2.40. The van der Waals surface area contributed by atoms with Crippen molar-refractivity contribution in [1.29, 1.82) is 5.26 Å². The van der Waals surface area contributed by atoms with E-state index < -0.39 is 5.91 Å². The molecule has 4 aromatic rings. The van der Waals surface area contributed by atoms with E-state index in [9.17, 15) is 10.1 Å². The molecule has 8 heteroatoms. The van der Waals surface area contributed by atoms with E-state index in [1.165, 1.54) is 4.90 Å². The Labute approximate surface area is 220 Å². The molecule has 0 spiro atoms. The third-order valence-corrected chi connectivity index (χ3v) is 6.50. The maximum Gasteiger partial charge on any atom is 0.273 e. The number of carbonyl (C=O) groups is 1. The number of hydrazone groups is 1. The van der Waals surface area contributed by atoms with Gasteiger partial charge in [0.25, 0.3) is 5.91 Å². The molecule has 0 fully saturated rings. The van der Waals surface area contributed by atoms with Crippen LogP contribution in [-0.2, 0) is 4.79 Å². The van der Waals surface area contributed by atoms with Crippen LogP contribution in [0.25, 0.3) is 28.3 Å². The van der Waals surface area contributed by atoms with Crippen LogP contribution >= 0.6 is 0 Å². The molecule has 2 aliphatic heterocycles. The number of benzene rings is 3. The van der Waals surface area contributed by atoms with E-state index in [1.807, 2.05) is 109 Å². The summed E-state index contributed by atoms with van der Waals surface area (Å²) in [6.45, 7) is 2.22. The molecule has 0 bridgehead atoms. The Balaban J connectivity index is 1.65. The molecule has 0 saturated carbocycles. The molecular weight excluding hydrogens is 474 g/mol. The first-order valence-corrected chi connectivity index (χ1v) is 12.3. The van der Waals surface area contributed by atoms with Gasteiger partial charge in [0.1, 0.15) is 17.3 Å². The number of hydrogen-bond acceptors (Lipinski definition) is 6. The number of carbonyl (C=O) groups excluding carboxylic acids is 1. The Morgan fingerprint density at radius 3 is 2.16 bits per heavy atom. The van der Waals surface area contributed by atoms with Gasteiger partial charge in [-0.1, -0.05) is 78.9 Å². The number of para-hydroxylation sites is 1. The number of likely N-dealkylation sites (N-methyl/N-ethyl adjacent to an activating group) is 1. The van der Waals surface area contributed by atoms with E-state index in [4.69, 9.17) is 5.10 Å². The molecule has 0 radical (unpaired) electrons. The number of nitrogens with zero attached hydrogens (tertiary/aromatic N) is 6. The van der Waals surface area contributed by atoms with Crippen molar-refractivity contribution < 1.29 is 4.79 Å². The molecule has 38 heavy (non-hydrogen) atoms. The van der Waals surface area contributed by atoms with Crippen LogP contribution < -0.4 is 5.43 Å². The number of fused-ring (bicyclic) bond motifs is 1. The minimum absolute atomic E-state index is 0.0272. The number of rotatable bonds is 5. The van der Waals surface area contributed by atoms with E-state index in [1.54, 1.807) is 10.9 Å². The van der Waals surface area contributed by atoms with Gasteiger partial charge in [0, 0.05) is 35.6 Å². The number of aromatic nitrogens is 2. The predicted octanol–water partition coefficient (Wildman–Crippen LogP) is 4.81. The van der Waals surface area contributed by atoms with Crippen molar-refractivity contribution in [3.8, 4) is 23.0 Å². The van der Waals surface area contributed by atoms with Gasteiger partial charge in [-0.3, -0.25) is 20.0 Å². The quantitative estimate of drug-likeness (QED) is 0.427. The van der Waals surface area contributed by atoms with Crippen LogP contribution in [-0.4, -0.2) is 38.0 Å². The number of hydrogen-bond donors (Lipinski definition) is 1. The Kier molecular flexibility index (Phi) is 5.79. The predicted molar refractivity (Wildman–Crippen MR) is 146 cm³/mol. The van der Waals surface area contributed by atoms with Crippen LogP contribution in [0.5, 0.6) is 0 Å². The second-order valence-electron chi connectivity index (χ2n) is 8.69. The summed E-state index contributed by atoms with van der Waals surface area (Å²) in [6, 6.07) is 31.5. The lowest BCUT2D eigenvalue weighted by molar-refractivity contribution is -0.123. The first-order chi connectivity index (χ1) is 18.7. The van der Waals surface area contributed by atoms with E-state index in [-0.39, 0.29) is 5.57 Å². The maximum absolute atomic E-state index is 13.7. The van der Waals surface area contributed by atoms with Gasteiger partial charge >= 0.3 is 0 Å². The van der Waals surface area contributed by atoms with Crippen LogP contribution in [0, 0.1) is 11.3 Å².